The average molecular weight is 675 g/mol. The summed E-state index contributed by atoms with van der Waals surface area (Å²) in [6.45, 7) is 3.67. The summed E-state index contributed by atoms with van der Waals surface area (Å²) in [6.07, 6.45) is 35.0. The zero-order chi connectivity index (χ0) is 34.0. The van der Waals surface area contributed by atoms with Crippen molar-refractivity contribution >= 4 is 19.8 Å². The van der Waals surface area contributed by atoms with E-state index in [0.717, 1.165) is 51.4 Å². The Kier molecular flexibility index (Phi) is 32.8. The van der Waals surface area contributed by atoms with E-state index in [1.54, 1.807) is 0 Å². The lowest BCUT2D eigenvalue weighted by atomic mass is 10.0. The van der Waals surface area contributed by atoms with E-state index in [9.17, 15) is 14.2 Å². The average Bonchev–Trinajstić information content (AvgIpc) is 3.02. The summed E-state index contributed by atoms with van der Waals surface area (Å²) in [4.78, 5) is 42.7. The maximum atomic E-state index is 12.3. The molecule has 0 radical (unpaired) electrons. The van der Waals surface area contributed by atoms with Crippen molar-refractivity contribution in [1.29, 1.82) is 0 Å². The van der Waals surface area contributed by atoms with Gasteiger partial charge in [0.25, 0.3) is 0 Å². The number of esters is 2. The van der Waals surface area contributed by atoms with Crippen LogP contribution in [-0.4, -0.2) is 41.0 Å². The Morgan fingerprint density at radius 2 is 0.913 bits per heavy atom. The van der Waals surface area contributed by atoms with Gasteiger partial charge in [0.15, 0.2) is 6.10 Å². The van der Waals surface area contributed by atoms with Gasteiger partial charge in [0, 0.05) is 12.8 Å². The Hall–Kier alpha value is -1.21. The van der Waals surface area contributed by atoms with E-state index in [1.807, 2.05) is 0 Å². The fraction of sp³-hybridized carbons (Fsp3) is 0.892. The van der Waals surface area contributed by atoms with Gasteiger partial charge < -0.3 is 19.3 Å². The van der Waals surface area contributed by atoms with Gasteiger partial charge in [-0.3, -0.25) is 14.1 Å². The molecule has 9 heteroatoms. The molecule has 0 aromatic heterocycles. The van der Waals surface area contributed by atoms with Crippen LogP contribution in [0.15, 0.2) is 12.2 Å². The topological polar surface area (TPSA) is 119 Å². The van der Waals surface area contributed by atoms with E-state index < -0.39 is 32.5 Å². The summed E-state index contributed by atoms with van der Waals surface area (Å²) in [7, 11) is -4.74. The van der Waals surface area contributed by atoms with Crippen LogP contribution in [-0.2, 0) is 28.2 Å². The molecule has 0 spiro atoms. The van der Waals surface area contributed by atoms with Crippen LogP contribution < -0.4 is 0 Å². The molecule has 0 saturated carbocycles. The van der Waals surface area contributed by atoms with E-state index in [2.05, 4.69) is 30.5 Å². The van der Waals surface area contributed by atoms with Gasteiger partial charge in [0.2, 0.25) is 0 Å². The molecule has 0 rings (SSSR count). The number of carbonyl (C=O) groups excluding carboxylic acids is 2. The lowest BCUT2D eigenvalue weighted by Gasteiger charge is -2.18. The third-order valence-corrected chi connectivity index (χ3v) is 8.77. The van der Waals surface area contributed by atoms with Gasteiger partial charge >= 0.3 is 19.8 Å². The van der Waals surface area contributed by atoms with Gasteiger partial charge in [-0.15, -0.1) is 0 Å². The highest BCUT2D eigenvalue weighted by atomic mass is 31.2. The van der Waals surface area contributed by atoms with Crippen LogP contribution in [0.1, 0.15) is 194 Å². The number of carbonyl (C=O) groups is 2. The van der Waals surface area contributed by atoms with Gasteiger partial charge in [0.1, 0.15) is 6.61 Å². The summed E-state index contributed by atoms with van der Waals surface area (Å²) in [5, 5.41) is 0. The highest BCUT2D eigenvalue weighted by Gasteiger charge is 2.22. The van der Waals surface area contributed by atoms with E-state index >= 15 is 0 Å². The van der Waals surface area contributed by atoms with E-state index in [1.165, 1.54) is 109 Å². The molecule has 0 saturated heterocycles. The lowest BCUT2D eigenvalue weighted by molar-refractivity contribution is -0.161. The number of phosphoric acid groups is 1. The largest absolute Gasteiger partial charge is 0.469 e. The van der Waals surface area contributed by atoms with Crippen LogP contribution in [0.5, 0.6) is 0 Å². The van der Waals surface area contributed by atoms with Crippen molar-refractivity contribution in [2.75, 3.05) is 13.2 Å². The Balaban J connectivity index is 3.96. The van der Waals surface area contributed by atoms with E-state index in [0.29, 0.717) is 6.42 Å². The van der Waals surface area contributed by atoms with Crippen LogP contribution in [0.4, 0.5) is 0 Å². The van der Waals surface area contributed by atoms with Crippen molar-refractivity contribution in [1.82, 2.24) is 0 Å². The van der Waals surface area contributed by atoms with Crippen molar-refractivity contribution in [3.05, 3.63) is 12.2 Å². The summed E-state index contributed by atoms with van der Waals surface area (Å²) in [5.74, 6) is -0.887. The zero-order valence-corrected chi connectivity index (χ0v) is 30.6. The number of phosphoric ester groups is 1. The summed E-state index contributed by atoms with van der Waals surface area (Å²) in [5.41, 5.74) is 0. The molecule has 0 aromatic rings. The quantitative estimate of drug-likeness (QED) is 0.0295. The van der Waals surface area contributed by atoms with Gasteiger partial charge in [-0.05, 0) is 38.5 Å². The number of allylic oxidation sites excluding steroid dienone is 2. The first-order valence-corrected chi connectivity index (χ1v) is 20.5. The fourth-order valence-electron chi connectivity index (χ4n) is 5.43. The Morgan fingerprint density at radius 1 is 0.543 bits per heavy atom. The van der Waals surface area contributed by atoms with Crippen molar-refractivity contribution in [2.24, 2.45) is 0 Å². The Morgan fingerprint density at radius 3 is 1.33 bits per heavy atom. The molecule has 0 bridgehead atoms. The molecule has 2 N–H and O–H groups in total. The third-order valence-electron chi connectivity index (χ3n) is 8.28. The van der Waals surface area contributed by atoms with E-state index in [4.69, 9.17) is 19.3 Å². The van der Waals surface area contributed by atoms with Gasteiger partial charge in [-0.2, -0.15) is 0 Å². The SMILES string of the molecule is CCCCCCCCC=CCCCCCCCC(=O)O[C@H](COC(=O)CCCCCCCCCCCCCCC)COP(=O)(O)O. The van der Waals surface area contributed by atoms with Crippen LogP contribution in [0, 0.1) is 0 Å². The van der Waals surface area contributed by atoms with Gasteiger partial charge in [-0.25, -0.2) is 4.57 Å². The smallest absolute Gasteiger partial charge is 0.462 e. The number of rotatable bonds is 35. The monoisotopic (exact) mass is 674 g/mol. The molecule has 272 valence electrons. The Bertz CT molecular complexity index is 766. The maximum absolute atomic E-state index is 12.3. The van der Waals surface area contributed by atoms with Crippen LogP contribution in [0.25, 0.3) is 0 Å². The predicted octanol–water partition coefficient (Wildman–Crippen LogP) is 11.1. The first-order valence-electron chi connectivity index (χ1n) is 19.0. The molecule has 46 heavy (non-hydrogen) atoms. The molecule has 0 unspecified atom stereocenters. The van der Waals surface area contributed by atoms with Crippen molar-refractivity contribution in [2.45, 2.75) is 200 Å². The molecule has 0 aliphatic carbocycles. The molecular formula is C37H71O8P. The predicted molar refractivity (Wildman–Crippen MR) is 189 cm³/mol. The van der Waals surface area contributed by atoms with Gasteiger partial charge in [0.05, 0.1) is 6.61 Å². The second-order valence-corrected chi connectivity index (χ2v) is 14.1. The normalized spacial score (nSPS) is 12.5. The minimum atomic E-state index is -4.74. The molecule has 1 atom stereocenters. The fourth-order valence-corrected chi connectivity index (χ4v) is 5.79. The molecule has 8 nitrogen and oxygen atoms in total. The third kappa shape index (κ3) is 35.6. The number of unbranched alkanes of at least 4 members (excludes halogenated alkanes) is 23. The van der Waals surface area contributed by atoms with Crippen molar-refractivity contribution in [3.8, 4) is 0 Å². The molecule has 0 aromatic carbocycles. The second-order valence-electron chi connectivity index (χ2n) is 12.9. The highest BCUT2D eigenvalue weighted by molar-refractivity contribution is 7.46. The first-order chi connectivity index (χ1) is 22.3. The van der Waals surface area contributed by atoms with Crippen LogP contribution >= 0.6 is 7.82 Å². The second kappa shape index (κ2) is 33.7. The molecule has 0 amide bonds. The molecule has 0 aliphatic rings. The van der Waals surface area contributed by atoms with Crippen LogP contribution in [0.3, 0.4) is 0 Å². The molecule has 0 aliphatic heterocycles. The minimum absolute atomic E-state index is 0.206. The van der Waals surface area contributed by atoms with Crippen LogP contribution in [0.2, 0.25) is 0 Å². The maximum Gasteiger partial charge on any atom is 0.469 e. The van der Waals surface area contributed by atoms with Crippen molar-refractivity contribution in [3.63, 3.8) is 0 Å². The molecule has 0 fully saturated rings. The minimum Gasteiger partial charge on any atom is -0.462 e. The zero-order valence-electron chi connectivity index (χ0n) is 29.7. The summed E-state index contributed by atoms with van der Waals surface area (Å²) < 4.78 is 26.3. The summed E-state index contributed by atoms with van der Waals surface area (Å²) >= 11 is 0. The number of ether oxygens (including phenoxy) is 2. The van der Waals surface area contributed by atoms with Gasteiger partial charge in [-0.1, -0.05) is 154 Å². The number of hydrogen-bond acceptors (Lipinski definition) is 6. The lowest BCUT2D eigenvalue weighted by Crippen LogP contribution is -2.29. The molecule has 0 heterocycles. The van der Waals surface area contributed by atoms with Crippen molar-refractivity contribution < 1.29 is 37.9 Å². The van der Waals surface area contributed by atoms with E-state index in [-0.39, 0.29) is 19.4 Å². The Labute approximate surface area is 282 Å². The first kappa shape index (κ1) is 44.8. The summed E-state index contributed by atoms with van der Waals surface area (Å²) in [6, 6.07) is 0. The standard InChI is InChI=1S/C37H71O8P/c1-3-5-7-9-11-13-15-17-18-20-22-24-26-28-30-32-37(39)45-35(34-44-46(40,41)42)33-43-36(38)31-29-27-25-23-21-19-16-14-12-10-8-6-4-2/h17-18,35H,3-16,19-34H2,1-2H3,(H2,40,41,42)/t35-/m1/s1. The molecular weight excluding hydrogens is 603 g/mol. The number of hydrogen-bond donors (Lipinski definition) is 2. The highest BCUT2D eigenvalue weighted by Crippen LogP contribution is 2.36.